The lowest BCUT2D eigenvalue weighted by atomic mass is 10.4. The second-order valence-corrected chi connectivity index (χ2v) is 5.94. The molecule has 0 aliphatic heterocycles. The van der Waals surface area contributed by atoms with Gasteiger partial charge in [-0.05, 0) is 6.42 Å². The summed E-state index contributed by atoms with van der Waals surface area (Å²) in [5.41, 5.74) is 0.971. The predicted molar refractivity (Wildman–Crippen MR) is 80.9 cm³/mol. The minimum atomic E-state index is 0.475. The van der Waals surface area contributed by atoms with Crippen LogP contribution in [0.1, 0.15) is 37.9 Å². The zero-order chi connectivity index (χ0) is 14.4. The maximum Gasteiger partial charge on any atom is 0.157 e. The molecular formula is C14H22N4OS. The highest BCUT2D eigenvalue weighted by Crippen LogP contribution is 2.14. The van der Waals surface area contributed by atoms with Gasteiger partial charge in [0, 0.05) is 24.5 Å². The third-order valence-corrected chi connectivity index (χ3v) is 3.61. The molecule has 0 saturated heterocycles. The number of thiazole rings is 1. The number of rotatable bonds is 8. The van der Waals surface area contributed by atoms with Gasteiger partial charge < -0.3 is 10.1 Å². The van der Waals surface area contributed by atoms with Gasteiger partial charge in [0.25, 0.3) is 0 Å². The minimum Gasteiger partial charge on any atom is -0.484 e. The normalized spacial score (nSPS) is 11.2. The molecule has 0 amide bonds. The van der Waals surface area contributed by atoms with Crippen molar-refractivity contribution in [3.63, 3.8) is 0 Å². The Hall–Kier alpha value is -1.40. The molecule has 0 unspecified atom stereocenters. The number of hydrogen-bond donors (Lipinski definition) is 1. The van der Waals surface area contributed by atoms with Crippen LogP contribution in [0.25, 0.3) is 0 Å². The Morgan fingerprint density at radius 1 is 1.45 bits per heavy atom. The molecule has 20 heavy (non-hydrogen) atoms. The van der Waals surface area contributed by atoms with Gasteiger partial charge >= 0.3 is 0 Å². The van der Waals surface area contributed by atoms with Crippen molar-refractivity contribution < 1.29 is 4.74 Å². The summed E-state index contributed by atoms with van der Waals surface area (Å²) < 4.78 is 7.60. The maximum atomic E-state index is 5.70. The molecule has 2 aromatic heterocycles. The monoisotopic (exact) mass is 294 g/mol. The van der Waals surface area contributed by atoms with Gasteiger partial charge in [0.05, 0.1) is 18.1 Å². The molecule has 1 N–H and O–H groups in total. The smallest absolute Gasteiger partial charge is 0.157 e. The first-order chi connectivity index (χ1) is 9.67. The van der Waals surface area contributed by atoms with E-state index < -0.39 is 0 Å². The second kappa shape index (κ2) is 7.40. The fourth-order valence-electron chi connectivity index (χ4n) is 1.72. The lowest BCUT2D eigenvalue weighted by Gasteiger charge is -2.04. The topological polar surface area (TPSA) is 52.0 Å². The first-order valence-corrected chi connectivity index (χ1v) is 7.87. The van der Waals surface area contributed by atoms with Gasteiger partial charge in [0.1, 0.15) is 11.6 Å². The van der Waals surface area contributed by atoms with Crippen LogP contribution in [-0.4, -0.2) is 20.8 Å². The van der Waals surface area contributed by atoms with Crippen LogP contribution < -0.4 is 10.1 Å². The van der Waals surface area contributed by atoms with Crippen LogP contribution in [0.3, 0.4) is 0 Å². The first-order valence-electron chi connectivity index (χ1n) is 6.99. The summed E-state index contributed by atoms with van der Waals surface area (Å²) in [4.78, 5) is 4.54. The molecule has 110 valence electrons. The molecule has 0 aromatic carbocycles. The van der Waals surface area contributed by atoms with Gasteiger partial charge in [-0.25, -0.2) is 4.98 Å². The van der Waals surface area contributed by atoms with E-state index in [-0.39, 0.29) is 0 Å². The number of hydrogen-bond acceptors (Lipinski definition) is 5. The third kappa shape index (κ3) is 4.61. The molecule has 5 nitrogen and oxygen atoms in total. The second-order valence-electron chi connectivity index (χ2n) is 5.00. The largest absolute Gasteiger partial charge is 0.484 e. The highest BCUT2D eigenvalue weighted by molar-refractivity contribution is 7.09. The minimum absolute atomic E-state index is 0.475. The Bertz CT molecular complexity index is 521. The van der Waals surface area contributed by atoms with Gasteiger partial charge in [-0.15, -0.1) is 11.3 Å². The third-order valence-electron chi connectivity index (χ3n) is 2.71. The number of aromatic nitrogens is 3. The summed E-state index contributed by atoms with van der Waals surface area (Å²) in [7, 11) is 0. The van der Waals surface area contributed by atoms with Crippen molar-refractivity contribution >= 4 is 11.3 Å². The number of ether oxygens (including phenoxy) is 1. The van der Waals surface area contributed by atoms with Gasteiger partial charge in [-0.2, -0.15) is 5.10 Å². The number of aryl methyl sites for hydroxylation is 1. The summed E-state index contributed by atoms with van der Waals surface area (Å²) in [6.45, 7) is 8.62. The van der Waals surface area contributed by atoms with E-state index in [0.29, 0.717) is 12.6 Å². The fraction of sp³-hybridized carbons (Fsp3) is 0.571. The molecule has 0 atom stereocenters. The van der Waals surface area contributed by atoms with Crippen molar-refractivity contribution in [3.05, 3.63) is 28.5 Å². The average Bonchev–Trinajstić information content (AvgIpc) is 3.03. The Kier molecular flexibility index (Phi) is 5.55. The van der Waals surface area contributed by atoms with Crippen molar-refractivity contribution in [1.29, 1.82) is 0 Å². The molecule has 2 heterocycles. The van der Waals surface area contributed by atoms with E-state index in [2.05, 4.69) is 36.2 Å². The van der Waals surface area contributed by atoms with Crippen LogP contribution in [0.2, 0.25) is 0 Å². The summed E-state index contributed by atoms with van der Waals surface area (Å²) in [5.74, 6) is 0.799. The predicted octanol–water partition coefficient (Wildman–Crippen LogP) is 2.83. The molecule has 2 rings (SSSR count). The average molecular weight is 294 g/mol. The number of nitrogens with one attached hydrogen (secondary N) is 1. The van der Waals surface area contributed by atoms with Crippen molar-refractivity contribution in [2.24, 2.45) is 0 Å². The zero-order valence-corrected chi connectivity index (χ0v) is 13.1. The number of nitrogens with zero attached hydrogens (tertiary/aromatic N) is 3. The lowest BCUT2D eigenvalue weighted by Crippen LogP contribution is -2.21. The van der Waals surface area contributed by atoms with E-state index in [1.165, 1.54) is 0 Å². The van der Waals surface area contributed by atoms with E-state index >= 15 is 0 Å². The SMILES string of the molecule is CCCn1cc(OCc2csc(CNC(C)C)n2)cn1. The molecule has 0 bridgehead atoms. The van der Waals surface area contributed by atoms with Crippen LogP contribution in [-0.2, 0) is 19.7 Å². The summed E-state index contributed by atoms with van der Waals surface area (Å²) in [5, 5.41) is 10.7. The molecular weight excluding hydrogens is 272 g/mol. The van der Waals surface area contributed by atoms with Crippen LogP contribution in [0.15, 0.2) is 17.8 Å². The summed E-state index contributed by atoms with van der Waals surface area (Å²) in [6.07, 6.45) is 4.75. The quantitative estimate of drug-likeness (QED) is 0.813. The standard InChI is InChI=1S/C14H22N4OS/c1-4-5-18-8-13(6-16-18)19-9-12-10-20-14(17-12)7-15-11(2)3/h6,8,10-11,15H,4-5,7,9H2,1-3H3. The molecule has 0 aliphatic rings. The van der Waals surface area contributed by atoms with Gasteiger partial charge in [0.2, 0.25) is 0 Å². The Morgan fingerprint density at radius 2 is 2.30 bits per heavy atom. The molecule has 6 heteroatoms. The van der Waals surface area contributed by atoms with Crippen molar-refractivity contribution in [2.45, 2.75) is 52.9 Å². The van der Waals surface area contributed by atoms with Crippen molar-refractivity contribution in [1.82, 2.24) is 20.1 Å². The Labute approximate surface area is 124 Å². The zero-order valence-electron chi connectivity index (χ0n) is 12.3. The van der Waals surface area contributed by atoms with Gasteiger partial charge in [0.15, 0.2) is 5.75 Å². The van der Waals surface area contributed by atoms with E-state index in [4.69, 9.17) is 4.74 Å². The van der Waals surface area contributed by atoms with Crippen LogP contribution in [0.5, 0.6) is 5.75 Å². The van der Waals surface area contributed by atoms with E-state index in [9.17, 15) is 0 Å². The Morgan fingerprint density at radius 3 is 3.05 bits per heavy atom. The molecule has 0 spiro atoms. The van der Waals surface area contributed by atoms with Gasteiger partial charge in [-0.1, -0.05) is 20.8 Å². The molecule has 0 radical (unpaired) electrons. The molecule has 0 fully saturated rings. The van der Waals surface area contributed by atoms with Crippen molar-refractivity contribution in [2.75, 3.05) is 0 Å². The first kappa shape index (κ1) is 15.0. The van der Waals surface area contributed by atoms with Gasteiger partial charge in [-0.3, -0.25) is 4.68 Å². The lowest BCUT2D eigenvalue weighted by molar-refractivity contribution is 0.301. The molecule has 0 aliphatic carbocycles. The van der Waals surface area contributed by atoms with E-state index in [1.54, 1.807) is 17.5 Å². The molecule has 0 saturated carbocycles. The van der Waals surface area contributed by atoms with Crippen LogP contribution in [0.4, 0.5) is 0 Å². The van der Waals surface area contributed by atoms with Crippen molar-refractivity contribution in [3.8, 4) is 5.75 Å². The molecule has 2 aromatic rings. The summed E-state index contributed by atoms with van der Waals surface area (Å²) in [6, 6.07) is 0.475. The Balaban J connectivity index is 1.81. The fourth-order valence-corrected chi connectivity index (χ4v) is 2.45. The highest BCUT2D eigenvalue weighted by atomic mass is 32.1. The summed E-state index contributed by atoms with van der Waals surface area (Å²) >= 11 is 1.67. The maximum absolute atomic E-state index is 5.70. The van der Waals surface area contributed by atoms with E-state index in [0.717, 1.165) is 36.0 Å². The van der Waals surface area contributed by atoms with Crippen LogP contribution >= 0.6 is 11.3 Å². The van der Waals surface area contributed by atoms with Crippen LogP contribution in [0, 0.1) is 0 Å². The van der Waals surface area contributed by atoms with E-state index in [1.807, 2.05) is 16.3 Å². The highest BCUT2D eigenvalue weighted by Gasteiger charge is 2.05.